The number of ether oxygens (including phenoxy) is 1. The van der Waals surface area contributed by atoms with Gasteiger partial charge < -0.3 is 25.2 Å². The fourth-order valence-electron chi connectivity index (χ4n) is 4.59. The molecule has 2 aliphatic heterocycles. The molecular formula is C25H32N4O3. The molecule has 1 atom stereocenters. The minimum atomic E-state index is -0.102. The van der Waals surface area contributed by atoms with Crippen LogP contribution in [0.15, 0.2) is 54.6 Å². The highest BCUT2D eigenvalue weighted by molar-refractivity contribution is 5.89. The molecule has 7 nitrogen and oxygen atoms in total. The number of nitrogens with one attached hydrogen (secondary N) is 2. The first-order chi connectivity index (χ1) is 15.6. The van der Waals surface area contributed by atoms with Crippen molar-refractivity contribution in [3.63, 3.8) is 0 Å². The van der Waals surface area contributed by atoms with Crippen molar-refractivity contribution in [1.82, 2.24) is 10.2 Å². The van der Waals surface area contributed by atoms with Crippen LogP contribution in [0.3, 0.4) is 0 Å². The van der Waals surface area contributed by atoms with Crippen LogP contribution in [0.2, 0.25) is 0 Å². The van der Waals surface area contributed by atoms with Crippen molar-refractivity contribution in [3.8, 4) is 5.75 Å². The molecule has 0 saturated carbocycles. The third-order valence-corrected chi connectivity index (χ3v) is 6.37. The molecule has 0 spiro atoms. The van der Waals surface area contributed by atoms with E-state index in [1.54, 1.807) is 12.0 Å². The molecule has 2 aliphatic rings. The molecule has 170 valence electrons. The highest BCUT2D eigenvalue weighted by Crippen LogP contribution is 2.30. The Morgan fingerprint density at radius 1 is 0.938 bits per heavy atom. The van der Waals surface area contributed by atoms with E-state index >= 15 is 0 Å². The van der Waals surface area contributed by atoms with E-state index in [-0.39, 0.29) is 23.9 Å². The second-order valence-corrected chi connectivity index (χ2v) is 8.52. The van der Waals surface area contributed by atoms with Crippen LogP contribution in [0, 0.1) is 5.92 Å². The van der Waals surface area contributed by atoms with E-state index in [2.05, 4.69) is 21.6 Å². The van der Waals surface area contributed by atoms with Gasteiger partial charge in [-0.15, -0.1) is 0 Å². The van der Waals surface area contributed by atoms with Crippen LogP contribution >= 0.6 is 0 Å². The average molecular weight is 437 g/mol. The average Bonchev–Trinajstić information content (AvgIpc) is 2.85. The van der Waals surface area contributed by atoms with Gasteiger partial charge in [0, 0.05) is 43.8 Å². The van der Waals surface area contributed by atoms with E-state index in [9.17, 15) is 9.59 Å². The molecule has 0 aliphatic carbocycles. The molecule has 1 unspecified atom stereocenters. The lowest BCUT2D eigenvalue weighted by Gasteiger charge is -2.37. The van der Waals surface area contributed by atoms with Gasteiger partial charge in [-0.25, -0.2) is 4.79 Å². The Bertz CT molecular complexity index is 912. The van der Waals surface area contributed by atoms with Crippen LogP contribution < -0.4 is 20.3 Å². The zero-order chi connectivity index (χ0) is 22.3. The molecule has 4 rings (SSSR count). The van der Waals surface area contributed by atoms with E-state index < -0.39 is 0 Å². The number of piperidine rings is 2. The van der Waals surface area contributed by atoms with Gasteiger partial charge in [-0.3, -0.25) is 4.79 Å². The standard InChI is InChI=1S/C25H32N4O3/c1-32-23-12-6-5-11-22(23)29-15-7-10-21(18-29)26-24(30)19-13-16-28(17-14-19)25(31)27-20-8-3-2-4-9-20/h2-6,8-9,11-12,19,21H,7,10,13-18H2,1H3,(H,26,30)(H,27,31). The van der Waals surface area contributed by atoms with Gasteiger partial charge >= 0.3 is 6.03 Å². The second kappa shape index (κ2) is 10.4. The zero-order valence-electron chi connectivity index (χ0n) is 18.6. The van der Waals surface area contributed by atoms with Gasteiger partial charge in [0.05, 0.1) is 12.8 Å². The summed E-state index contributed by atoms with van der Waals surface area (Å²) in [6.45, 7) is 2.93. The maximum absolute atomic E-state index is 12.9. The Hall–Kier alpha value is -3.22. The second-order valence-electron chi connectivity index (χ2n) is 8.52. The number of hydrogen-bond donors (Lipinski definition) is 2. The van der Waals surface area contributed by atoms with Crippen molar-refractivity contribution < 1.29 is 14.3 Å². The van der Waals surface area contributed by atoms with Gasteiger partial charge in [-0.2, -0.15) is 0 Å². The number of methoxy groups -OCH3 is 1. The number of carbonyl (C=O) groups excluding carboxylic acids is 2. The minimum Gasteiger partial charge on any atom is -0.495 e. The molecule has 2 N–H and O–H groups in total. The van der Waals surface area contributed by atoms with Crippen LogP contribution in [0.1, 0.15) is 25.7 Å². The smallest absolute Gasteiger partial charge is 0.321 e. The molecule has 2 aromatic rings. The van der Waals surface area contributed by atoms with Gasteiger partial charge in [0.2, 0.25) is 5.91 Å². The topological polar surface area (TPSA) is 73.9 Å². The number of likely N-dealkylation sites (tertiary alicyclic amines) is 1. The van der Waals surface area contributed by atoms with Crippen molar-refractivity contribution in [2.45, 2.75) is 31.7 Å². The first-order valence-corrected chi connectivity index (χ1v) is 11.4. The maximum Gasteiger partial charge on any atom is 0.321 e. The van der Waals surface area contributed by atoms with Crippen LogP contribution in [0.4, 0.5) is 16.2 Å². The number of para-hydroxylation sites is 3. The summed E-state index contributed by atoms with van der Waals surface area (Å²) in [5, 5.41) is 6.19. The quantitative estimate of drug-likeness (QED) is 0.749. The number of anilines is 2. The molecule has 2 fully saturated rings. The van der Waals surface area contributed by atoms with Gasteiger partial charge in [0.15, 0.2) is 0 Å². The first kappa shape index (κ1) is 22.0. The Morgan fingerprint density at radius 3 is 2.41 bits per heavy atom. The minimum absolute atomic E-state index is 0.0441. The van der Waals surface area contributed by atoms with E-state index in [0.29, 0.717) is 25.9 Å². The van der Waals surface area contributed by atoms with Crippen LogP contribution in [0.5, 0.6) is 5.75 Å². The van der Waals surface area contributed by atoms with Crippen LogP contribution in [0.25, 0.3) is 0 Å². The molecule has 7 heteroatoms. The van der Waals surface area contributed by atoms with E-state index in [1.807, 2.05) is 48.5 Å². The zero-order valence-corrected chi connectivity index (χ0v) is 18.6. The molecule has 3 amide bonds. The number of hydrogen-bond acceptors (Lipinski definition) is 4. The normalized spacial score (nSPS) is 19.3. The summed E-state index contributed by atoms with van der Waals surface area (Å²) in [5.41, 5.74) is 1.86. The summed E-state index contributed by atoms with van der Waals surface area (Å²) in [5.74, 6) is 0.929. The number of amides is 3. The summed E-state index contributed by atoms with van der Waals surface area (Å²) in [6, 6.07) is 17.5. The summed E-state index contributed by atoms with van der Waals surface area (Å²) < 4.78 is 5.51. The number of rotatable bonds is 5. The summed E-state index contributed by atoms with van der Waals surface area (Å²) >= 11 is 0. The predicted octanol–water partition coefficient (Wildman–Crippen LogP) is 3.72. The molecule has 2 saturated heterocycles. The van der Waals surface area contributed by atoms with Crippen LogP contribution in [-0.4, -0.2) is 56.2 Å². The van der Waals surface area contributed by atoms with Gasteiger partial charge in [-0.05, 0) is 49.9 Å². The van der Waals surface area contributed by atoms with Crippen molar-refractivity contribution in [3.05, 3.63) is 54.6 Å². The van der Waals surface area contributed by atoms with Crippen molar-refractivity contribution >= 4 is 23.3 Å². The Labute approximate surface area is 189 Å². The molecule has 0 aromatic heterocycles. The van der Waals surface area contributed by atoms with E-state index in [1.165, 1.54) is 0 Å². The molecule has 32 heavy (non-hydrogen) atoms. The first-order valence-electron chi connectivity index (χ1n) is 11.4. The summed E-state index contributed by atoms with van der Waals surface area (Å²) in [4.78, 5) is 29.5. The van der Waals surface area contributed by atoms with Gasteiger partial charge in [0.25, 0.3) is 0 Å². The molecule has 2 aromatic carbocycles. The largest absolute Gasteiger partial charge is 0.495 e. The fraction of sp³-hybridized carbons (Fsp3) is 0.440. The molecule has 0 bridgehead atoms. The molecular weight excluding hydrogens is 404 g/mol. The molecule has 0 radical (unpaired) electrons. The lowest BCUT2D eigenvalue weighted by molar-refractivity contribution is -0.127. The third-order valence-electron chi connectivity index (χ3n) is 6.37. The number of benzene rings is 2. The number of nitrogens with zero attached hydrogens (tertiary/aromatic N) is 2. The fourth-order valence-corrected chi connectivity index (χ4v) is 4.59. The van der Waals surface area contributed by atoms with Crippen LogP contribution in [-0.2, 0) is 4.79 Å². The van der Waals surface area contributed by atoms with Crippen molar-refractivity contribution in [1.29, 1.82) is 0 Å². The Morgan fingerprint density at radius 2 is 1.66 bits per heavy atom. The SMILES string of the molecule is COc1ccccc1N1CCCC(NC(=O)C2CCN(C(=O)Nc3ccccc3)CC2)C1. The van der Waals surface area contributed by atoms with E-state index in [0.717, 1.165) is 43.1 Å². The van der Waals surface area contributed by atoms with Gasteiger partial charge in [-0.1, -0.05) is 30.3 Å². The lowest BCUT2D eigenvalue weighted by Crippen LogP contribution is -2.51. The van der Waals surface area contributed by atoms with Crippen molar-refractivity contribution in [2.75, 3.05) is 43.5 Å². The summed E-state index contributed by atoms with van der Waals surface area (Å²) in [7, 11) is 1.69. The third kappa shape index (κ3) is 5.33. The Kier molecular flexibility index (Phi) is 7.14. The highest BCUT2D eigenvalue weighted by atomic mass is 16.5. The summed E-state index contributed by atoms with van der Waals surface area (Å²) in [6.07, 6.45) is 3.39. The van der Waals surface area contributed by atoms with Crippen molar-refractivity contribution in [2.24, 2.45) is 5.92 Å². The van der Waals surface area contributed by atoms with Gasteiger partial charge in [0.1, 0.15) is 5.75 Å². The predicted molar refractivity (Wildman–Crippen MR) is 126 cm³/mol. The number of urea groups is 1. The monoisotopic (exact) mass is 436 g/mol. The van der Waals surface area contributed by atoms with E-state index in [4.69, 9.17) is 4.74 Å². The Balaban J connectivity index is 1.26. The molecule has 2 heterocycles. The highest BCUT2D eigenvalue weighted by Gasteiger charge is 2.30. The maximum atomic E-state index is 12.9. The number of carbonyl (C=O) groups is 2. The lowest BCUT2D eigenvalue weighted by atomic mass is 9.95.